The zero-order valence-corrected chi connectivity index (χ0v) is 27.0. The molecule has 1 unspecified atom stereocenters. The van der Waals surface area contributed by atoms with Gasteiger partial charge in [-0.1, -0.05) is 109 Å². The third-order valence-corrected chi connectivity index (χ3v) is 7.89. The summed E-state index contributed by atoms with van der Waals surface area (Å²) < 4.78 is 0. The molecule has 3 N–H and O–H groups in total. The molecule has 0 fully saturated rings. The molecule has 2 aromatic rings. The predicted octanol–water partition coefficient (Wildman–Crippen LogP) is 9.09. The highest BCUT2D eigenvalue weighted by atomic mass is 15.2. The van der Waals surface area contributed by atoms with E-state index in [1.165, 1.54) is 81.8 Å². The van der Waals surface area contributed by atoms with E-state index < -0.39 is 6.17 Å². The normalized spacial score (nSPS) is 15.3. The molecule has 6 nitrogen and oxygen atoms in total. The zero-order valence-electron chi connectivity index (χ0n) is 27.0. The lowest BCUT2D eigenvalue weighted by Crippen LogP contribution is -2.36. The Labute approximate surface area is 260 Å². The van der Waals surface area contributed by atoms with Gasteiger partial charge in [-0.25, -0.2) is 9.98 Å². The summed E-state index contributed by atoms with van der Waals surface area (Å²) in [6, 6.07) is 8.44. The van der Waals surface area contributed by atoms with Gasteiger partial charge in [0.2, 0.25) is 0 Å². The number of allylic oxidation sites excluding steroid dienone is 2. The van der Waals surface area contributed by atoms with Gasteiger partial charge in [0.15, 0.2) is 12.0 Å². The van der Waals surface area contributed by atoms with Gasteiger partial charge >= 0.3 is 0 Å². The Kier molecular flexibility index (Phi) is 15.5. The van der Waals surface area contributed by atoms with Gasteiger partial charge in [-0.3, -0.25) is 9.97 Å². The lowest BCUT2D eigenvalue weighted by Gasteiger charge is -2.21. The second-order valence-electron chi connectivity index (χ2n) is 11.6. The second-order valence-corrected chi connectivity index (χ2v) is 11.6. The summed E-state index contributed by atoms with van der Waals surface area (Å²) in [5.74, 6) is 1.35. The molecule has 1 aliphatic rings. The van der Waals surface area contributed by atoms with Crippen molar-refractivity contribution in [1.29, 1.82) is 0 Å². The van der Waals surface area contributed by atoms with Gasteiger partial charge in [0.25, 0.3) is 0 Å². The monoisotopic (exact) mass is 582 g/mol. The molecule has 0 saturated heterocycles. The van der Waals surface area contributed by atoms with E-state index in [0.717, 1.165) is 48.2 Å². The van der Waals surface area contributed by atoms with E-state index >= 15 is 0 Å². The Hall–Kier alpha value is -3.54. The van der Waals surface area contributed by atoms with Crippen molar-refractivity contribution in [3.8, 4) is 0 Å². The van der Waals surface area contributed by atoms with Gasteiger partial charge in [-0.05, 0) is 73.6 Å². The summed E-state index contributed by atoms with van der Waals surface area (Å²) in [5.41, 5.74) is 11.9. The van der Waals surface area contributed by atoms with E-state index in [2.05, 4.69) is 63.0 Å². The van der Waals surface area contributed by atoms with Gasteiger partial charge in [-0.2, -0.15) is 0 Å². The maximum Gasteiger partial charge on any atom is 0.186 e. The van der Waals surface area contributed by atoms with Crippen LogP contribution in [0.2, 0.25) is 0 Å². The third-order valence-electron chi connectivity index (χ3n) is 7.89. The van der Waals surface area contributed by atoms with Crippen molar-refractivity contribution in [2.24, 2.45) is 15.7 Å². The molecular formula is C37H54N6. The summed E-state index contributed by atoms with van der Waals surface area (Å²) in [6.07, 6.45) is 27.0. The number of aryl methyl sites for hydroxylation is 2. The molecule has 43 heavy (non-hydrogen) atoms. The SMILES string of the molecule is C=C(/C=C\C(=C/N)CCCCCC)C1=NC(c2ccc(CCCCCC)cn2)N=C(c2ccc(CCCCCC)cn2)N1. The molecule has 2 aromatic heterocycles. The Balaban J connectivity index is 1.78. The Morgan fingerprint density at radius 1 is 0.767 bits per heavy atom. The third kappa shape index (κ3) is 11.9. The van der Waals surface area contributed by atoms with Crippen LogP contribution >= 0.6 is 0 Å². The van der Waals surface area contributed by atoms with E-state index in [9.17, 15) is 0 Å². The second kappa shape index (κ2) is 19.6. The van der Waals surface area contributed by atoms with E-state index in [1.54, 1.807) is 6.20 Å². The molecule has 0 saturated carbocycles. The summed E-state index contributed by atoms with van der Waals surface area (Å²) in [5, 5.41) is 3.41. The minimum Gasteiger partial charge on any atom is -0.404 e. The summed E-state index contributed by atoms with van der Waals surface area (Å²) in [7, 11) is 0. The topological polar surface area (TPSA) is 88.5 Å². The van der Waals surface area contributed by atoms with Gasteiger partial charge in [0, 0.05) is 18.0 Å². The fourth-order valence-corrected chi connectivity index (χ4v) is 5.10. The maximum absolute atomic E-state index is 5.94. The van der Waals surface area contributed by atoms with Crippen LogP contribution in [0.25, 0.3) is 0 Å². The molecule has 3 rings (SSSR count). The average Bonchev–Trinajstić information content (AvgIpc) is 3.05. The van der Waals surface area contributed by atoms with E-state index in [1.807, 2.05) is 18.5 Å². The van der Waals surface area contributed by atoms with Crippen LogP contribution in [0.5, 0.6) is 0 Å². The molecule has 6 heteroatoms. The highest BCUT2D eigenvalue weighted by Crippen LogP contribution is 2.23. The number of nitrogens with two attached hydrogens (primary N) is 1. The Morgan fingerprint density at radius 2 is 1.40 bits per heavy atom. The number of unbranched alkanes of at least 4 members (excludes halogenated alkanes) is 9. The van der Waals surface area contributed by atoms with Crippen molar-refractivity contribution in [2.75, 3.05) is 0 Å². The average molecular weight is 583 g/mol. The van der Waals surface area contributed by atoms with E-state index in [0.29, 0.717) is 11.7 Å². The number of nitrogens with one attached hydrogen (secondary N) is 1. The molecule has 0 spiro atoms. The number of aromatic nitrogens is 2. The lowest BCUT2D eigenvalue weighted by molar-refractivity contribution is 0.664. The van der Waals surface area contributed by atoms with Gasteiger partial charge in [0.1, 0.15) is 11.5 Å². The minimum absolute atomic E-state index is 0.473. The quantitative estimate of drug-likeness (QED) is 0.120. The van der Waals surface area contributed by atoms with Crippen molar-refractivity contribution < 1.29 is 0 Å². The minimum atomic E-state index is -0.473. The van der Waals surface area contributed by atoms with Crippen molar-refractivity contribution in [1.82, 2.24) is 15.3 Å². The van der Waals surface area contributed by atoms with Crippen LogP contribution in [-0.4, -0.2) is 21.6 Å². The molecule has 0 aromatic carbocycles. The van der Waals surface area contributed by atoms with Crippen LogP contribution in [-0.2, 0) is 12.8 Å². The number of amidine groups is 2. The largest absolute Gasteiger partial charge is 0.404 e. The predicted molar refractivity (Wildman–Crippen MR) is 183 cm³/mol. The first-order valence-electron chi connectivity index (χ1n) is 16.7. The lowest BCUT2D eigenvalue weighted by atomic mass is 10.1. The number of rotatable bonds is 20. The number of nitrogens with zero attached hydrogens (tertiary/aromatic N) is 4. The molecule has 0 amide bonds. The van der Waals surface area contributed by atoms with Crippen LogP contribution in [0.3, 0.4) is 0 Å². The summed E-state index contributed by atoms with van der Waals surface area (Å²) >= 11 is 0. The van der Waals surface area contributed by atoms with Crippen LogP contribution in [0.4, 0.5) is 0 Å². The molecular weight excluding hydrogens is 528 g/mol. The Bertz CT molecular complexity index is 1220. The smallest absolute Gasteiger partial charge is 0.186 e. The molecule has 0 bridgehead atoms. The van der Waals surface area contributed by atoms with Crippen molar-refractivity contribution in [2.45, 2.75) is 123 Å². The number of hydrogen-bond acceptors (Lipinski definition) is 6. The van der Waals surface area contributed by atoms with E-state index in [-0.39, 0.29) is 0 Å². The fraction of sp³-hybridized carbons (Fsp3) is 0.514. The van der Waals surface area contributed by atoms with Crippen molar-refractivity contribution >= 4 is 11.7 Å². The van der Waals surface area contributed by atoms with Gasteiger partial charge < -0.3 is 11.1 Å². The van der Waals surface area contributed by atoms with Crippen LogP contribution in [0, 0.1) is 0 Å². The van der Waals surface area contributed by atoms with Crippen LogP contribution in [0.1, 0.15) is 133 Å². The summed E-state index contributed by atoms with van der Waals surface area (Å²) in [6.45, 7) is 11.0. The van der Waals surface area contributed by atoms with Crippen LogP contribution < -0.4 is 11.1 Å². The molecule has 0 aliphatic carbocycles. The van der Waals surface area contributed by atoms with Crippen molar-refractivity contribution in [3.63, 3.8) is 0 Å². The highest BCUT2D eigenvalue weighted by molar-refractivity contribution is 6.15. The fourth-order valence-electron chi connectivity index (χ4n) is 5.10. The standard InChI is InChI=1S/C37H54N6/c1-5-8-11-14-17-30(26-38)21-20-29(4)35-41-36(33-24-22-31(27-39-33)18-15-12-9-6-2)43-37(42-35)34-25-23-32(28-40-34)19-16-13-10-7-3/h20-28,36H,4-19,38H2,1-3H3,(H,41,42,43)/b21-20-,30-26-. The van der Waals surface area contributed by atoms with E-state index in [4.69, 9.17) is 25.7 Å². The molecule has 0 radical (unpaired) electrons. The number of aliphatic imine (C=N–C) groups is 2. The first-order valence-corrected chi connectivity index (χ1v) is 16.7. The molecule has 3 heterocycles. The first kappa shape index (κ1) is 34.0. The highest BCUT2D eigenvalue weighted by Gasteiger charge is 2.22. The van der Waals surface area contributed by atoms with Crippen molar-refractivity contribution in [3.05, 3.63) is 95.3 Å². The van der Waals surface area contributed by atoms with Crippen LogP contribution in [0.15, 0.2) is 82.7 Å². The molecule has 232 valence electrons. The molecule has 1 atom stereocenters. The number of pyridine rings is 2. The van der Waals surface area contributed by atoms with Gasteiger partial charge in [-0.15, -0.1) is 0 Å². The zero-order chi connectivity index (χ0) is 30.7. The summed E-state index contributed by atoms with van der Waals surface area (Å²) in [4.78, 5) is 19.5. The number of hydrogen-bond donors (Lipinski definition) is 2. The maximum atomic E-state index is 5.94. The Morgan fingerprint density at radius 3 is 1.95 bits per heavy atom. The molecule has 1 aliphatic heterocycles. The van der Waals surface area contributed by atoms with Gasteiger partial charge in [0.05, 0.1) is 5.69 Å². The first-order chi connectivity index (χ1) is 21.1.